The number of nitrogens with one attached hydrogen (secondary N) is 5. The van der Waals surface area contributed by atoms with Gasteiger partial charge in [0.1, 0.15) is 44.4 Å². The molecule has 0 unspecified atom stereocenters. The number of amides is 4. The highest BCUT2D eigenvalue weighted by atomic mass is 32.2. The molecule has 0 bridgehead atoms. The first-order valence-corrected chi connectivity index (χ1v) is 32.1. The fourth-order valence-corrected chi connectivity index (χ4v) is 12.5. The molecule has 0 spiro atoms. The van der Waals surface area contributed by atoms with E-state index in [4.69, 9.17) is 36.7 Å². The number of methoxy groups -OCH3 is 2. The number of ether oxygens (including phenoxy) is 2. The number of anilines is 9. The normalized spacial score (nSPS) is 11.6. The van der Waals surface area contributed by atoms with E-state index in [1.165, 1.54) is 81.4 Å². The smallest absolute Gasteiger partial charge is 0.297 e. The quantitative estimate of drug-likeness (QED) is 0.00321. The van der Waals surface area contributed by atoms with Gasteiger partial charge in [-0.1, -0.05) is 30.8 Å². The molecule has 0 aliphatic rings. The van der Waals surface area contributed by atoms with Gasteiger partial charge in [0.2, 0.25) is 29.9 Å². The molecule has 3 aromatic heterocycles. The van der Waals surface area contributed by atoms with Gasteiger partial charge in [0.15, 0.2) is 21.7 Å². The summed E-state index contributed by atoms with van der Waals surface area (Å²) in [5, 5.41) is 42.6. The maximum atomic E-state index is 13.6. The van der Waals surface area contributed by atoms with Crippen LogP contribution in [0.25, 0.3) is 17.0 Å². The minimum Gasteiger partial charge on any atom is -0.494 e. The molecule has 8 N–H and O–H groups in total. The molecule has 32 heteroatoms. The Balaban J connectivity index is 1.31. The molecule has 93 heavy (non-hydrogen) atoms. The molecule has 0 aliphatic heterocycles. The number of benzene rings is 4. The third kappa shape index (κ3) is 17.4. The Morgan fingerprint density at radius 3 is 1.72 bits per heavy atom. The highest BCUT2D eigenvalue weighted by Crippen LogP contribution is 2.46. The summed E-state index contributed by atoms with van der Waals surface area (Å²) in [6, 6.07) is 21.8. The van der Waals surface area contributed by atoms with Crippen molar-refractivity contribution in [3.05, 3.63) is 122 Å². The molecule has 28 nitrogen and oxygen atoms in total. The average Bonchev–Trinajstić information content (AvgIpc) is 1.74. The van der Waals surface area contributed by atoms with Crippen molar-refractivity contribution >= 4 is 171 Å². The number of aromatic nitrogens is 3. The number of carbonyl (C=O) groups excluding carboxylic acids is 6. The number of carbonyl (C=O) groups is 6. The lowest BCUT2D eigenvalue weighted by molar-refractivity contribution is -0.120. The molecule has 4 amide bonds. The first kappa shape index (κ1) is 69.7. The summed E-state index contributed by atoms with van der Waals surface area (Å²) in [6.45, 7) is 22.2. The number of Topliss-reactive ketones (excluding diaryl/α,β-unsaturated/α-hetero) is 2. The lowest BCUT2D eigenvalue weighted by Gasteiger charge is -2.25. The number of primary amides is 1. The van der Waals surface area contributed by atoms with Crippen LogP contribution in [0.2, 0.25) is 0 Å². The molecule has 0 radical (unpaired) electrons. The molecule has 0 fully saturated rings. The van der Waals surface area contributed by atoms with Gasteiger partial charge >= 0.3 is 0 Å². The van der Waals surface area contributed by atoms with Crippen molar-refractivity contribution in [3.63, 3.8) is 0 Å². The van der Waals surface area contributed by atoms with E-state index in [1.807, 2.05) is 44.4 Å². The van der Waals surface area contributed by atoms with Gasteiger partial charge in [0.05, 0.1) is 59.6 Å². The topological polar surface area (TPSA) is 384 Å². The maximum Gasteiger partial charge on any atom is 0.297 e. The maximum absolute atomic E-state index is 13.6. The third-order valence-electron chi connectivity index (χ3n) is 13.3. The Morgan fingerprint density at radius 2 is 1.25 bits per heavy atom. The van der Waals surface area contributed by atoms with Crippen molar-refractivity contribution in [3.8, 4) is 17.6 Å². The van der Waals surface area contributed by atoms with Crippen LogP contribution in [0, 0.1) is 17.9 Å². The van der Waals surface area contributed by atoms with Crippen LogP contribution in [0.3, 0.4) is 0 Å². The fourth-order valence-electron chi connectivity index (χ4n) is 8.92. The van der Waals surface area contributed by atoms with Crippen molar-refractivity contribution in [2.45, 2.75) is 58.5 Å². The standard InChI is InChI=1S/C61H61N17O11S4/c1-11-77(12-2)48-27-43(45(29-50(48)88-9)73-75-57-42(31-62)53(93(85,86)87)52(92-57)26-41(34(7)81)56(84)66-37-20-16-18-35(22-37)54(63)82)68-59-70-60(72-61(71-59)90-15-5)69-44-28-49(78(13-3)14-4)51(89-10)30-46(44)74-76-58-47(64-8)25-39(91-58)24-40(33(6)80)55(83)67-38-21-17-19-36(23-38)65-32-79/h16-30,32H,11-15H2,1-7,9-10H3,(H2,63,82)(H,65,79)(H,66,84)(H,67,83)(H,85,86,87)(H2,68,69,70,71,72)/b40-24+,41-26-,75-73+,76-74+. The van der Waals surface area contributed by atoms with Gasteiger partial charge in [-0.2, -0.15) is 33.7 Å². The molecular formula is C61H61N17O11S4. The van der Waals surface area contributed by atoms with E-state index in [-0.39, 0.29) is 66.6 Å². The first-order chi connectivity index (χ1) is 44.5. The van der Waals surface area contributed by atoms with Gasteiger partial charge in [-0.05, 0) is 114 Å². The minimum atomic E-state index is -5.26. The van der Waals surface area contributed by atoms with Gasteiger partial charge in [-0.15, -0.1) is 38.0 Å². The summed E-state index contributed by atoms with van der Waals surface area (Å²) < 4.78 is 48.4. The number of hydrogen-bond acceptors (Lipinski definition) is 25. The monoisotopic (exact) mass is 1340 g/mol. The summed E-state index contributed by atoms with van der Waals surface area (Å²) in [5.41, 5.74) is 6.89. The van der Waals surface area contributed by atoms with E-state index in [1.54, 1.807) is 42.5 Å². The van der Waals surface area contributed by atoms with Crippen molar-refractivity contribution in [1.82, 2.24) is 15.0 Å². The molecule has 7 rings (SSSR count). The predicted molar refractivity (Wildman–Crippen MR) is 359 cm³/mol. The Morgan fingerprint density at radius 1 is 0.731 bits per heavy atom. The van der Waals surface area contributed by atoms with Gasteiger partial charge in [0, 0.05) is 65.8 Å². The van der Waals surface area contributed by atoms with Crippen LogP contribution in [0.4, 0.5) is 78.8 Å². The van der Waals surface area contributed by atoms with Crippen LogP contribution in [0.15, 0.2) is 121 Å². The zero-order valence-electron chi connectivity index (χ0n) is 51.4. The number of nitriles is 1. The fraction of sp³-hybridized carbons (Fsp3) is 0.230. The summed E-state index contributed by atoms with van der Waals surface area (Å²) in [4.78, 5) is 96.8. The zero-order valence-corrected chi connectivity index (χ0v) is 54.7. The molecule has 480 valence electrons. The number of thioether (sulfide) groups is 1. The number of azo groups is 2. The minimum absolute atomic E-state index is 0.0109. The molecule has 0 aliphatic carbocycles. The van der Waals surface area contributed by atoms with E-state index >= 15 is 0 Å². The number of hydrogen-bond donors (Lipinski definition) is 7. The van der Waals surface area contributed by atoms with Crippen LogP contribution in [-0.2, 0) is 34.1 Å². The van der Waals surface area contributed by atoms with Crippen LogP contribution in [0.1, 0.15) is 74.1 Å². The summed E-state index contributed by atoms with van der Waals surface area (Å²) in [6.07, 6.45) is 2.73. The predicted octanol–water partition coefficient (Wildman–Crippen LogP) is 12.7. The molecule has 7 aromatic rings. The SMILES string of the molecule is [C-]#[N+]c1cc(/C=C(\C(C)=O)C(=O)Nc2cccc(NC=O)c2)sc1/N=N/c1cc(OC)c(N(CC)CC)cc1Nc1nc(Nc2cc(N(CC)CC)c(OC)cc2/N=N/c2sc(/C=C(/C(C)=O)C(=O)Nc3cccc(C(N)=O)c3)c(S(=O)(=O)O)c2C#N)nc(SCC)n1. The Labute approximate surface area is 546 Å². The van der Waals surface area contributed by atoms with Crippen molar-refractivity contribution < 1.29 is 51.2 Å². The number of nitrogens with two attached hydrogens (primary N) is 1. The molecular weight excluding hydrogens is 1280 g/mol. The summed E-state index contributed by atoms with van der Waals surface area (Å²) >= 11 is 2.82. The molecule has 4 aromatic carbocycles. The Hall–Kier alpha value is -10.8. The van der Waals surface area contributed by atoms with Crippen LogP contribution in [-0.4, -0.2) is 110 Å². The number of rotatable bonds is 30. The molecule has 0 saturated carbocycles. The highest BCUT2D eigenvalue weighted by molar-refractivity contribution is 7.99. The van der Waals surface area contributed by atoms with Gasteiger partial charge in [-0.3, -0.25) is 33.3 Å². The number of nitrogens with zero attached hydrogens (tertiary/aromatic N) is 11. The van der Waals surface area contributed by atoms with Gasteiger partial charge in [0.25, 0.3) is 21.9 Å². The van der Waals surface area contributed by atoms with Crippen LogP contribution < -0.4 is 51.6 Å². The molecule has 0 saturated heterocycles. The van der Waals surface area contributed by atoms with Crippen LogP contribution >= 0.6 is 34.4 Å². The molecule has 3 heterocycles. The van der Waals surface area contributed by atoms with Crippen molar-refractivity contribution in [1.29, 1.82) is 5.26 Å². The average molecular weight is 1340 g/mol. The second-order valence-corrected chi connectivity index (χ2v) is 23.9. The Bertz CT molecular complexity index is 4390. The van der Waals surface area contributed by atoms with E-state index in [0.717, 1.165) is 24.3 Å². The molecule has 0 atom stereocenters. The number of thiophene rings is 2. The van der Waals surface area contributed by atoms with Gasteiger partial charge in [-0.25, -0.2) is 4.85 Å². The van der Waals surface area contributed by atoms with Crippen molar-refractivity contribution in [2.75, 3.05) is 82.5 Å². The second kappa shape index (κ2) is 31.8. The lowest BCUT2D eigenvalue weighted by Crippen LogP contribution is -2.22. The van der Waals surface area contributed by atoms with Crippen LogP contribution in [0.5, 0.6) is 11.5 Å². The van der Waals surface area contributed by atoms with E-state index in [9.17, 15) is 47.0 Å². The Kier molecular flexibility index (Phi) is 23.8. The second-order valence-electron chi connectivity index (χ2n) is 19.2. The number of ketones is 2. The van der Waals surface area contributed by atoms with E-state index < -0.39 is 60.3 Å². The first-order valence-electron chi connectivity index (χ1n) is 28.1. The van der Waals surface area contributed by atoms with E-state index in [0.29, 0.717) is 94.5 Å². The van der Waals surface area contributed by atoms with E-state index in [2.05, 4.69) is 51.9 Å². The lowest BCUT2D eigenvalue weighted by atomic mass is 10.1. The largest absolute Gasteiger partial charge is 0.494 e. The summed E-state index contributed by atoms with van der Waals surface area (Å²) in [5.74, 6) is -2.67. The van der Waals surface area contributed by atoms with Crippen molar-refractivity contribution in [2.24, 2.45) is 26.2 Å². The third-order valence-corrected chi connectivity index (χ3v) is 17.1. The van der Waals surface area contributed by atoms with Gasteiger partial charge < -0.3 is 51.6 Å². The zero-order chi connectivity index (χ0) is 67.7. The highest BCUT2D eigenvalue weighted by Gasteiger charge is 2.30. The summed E-state index contributed by atoms with van der Waals surface area (Å²) in [7, 11) is -2.31.